The third kappa shape index (κ3) is 4.53. The van der Waals surface area contributed by atoms with Crippen LogP contribution in [0.5, 0.6) is 0 Å². The molecule has 1 amide bonds. The number of nitrogens with one attached hydrogen (secondary N) is 1. The first-order valence-electron chi connectivity index (χ1n) is 7.34. The Labute approximate surface area is 124 Å². The zero-order valence-corrected chi connectivity index (χ0v) is 12.2. The van der Waals surface area contributed by atoms with Crippen molar-refractivity contribution in [2.24, 2.45) is 0 Å². The Morgan fingerprint density at radius 2 is 1.90 bits per heavy atom. The second-order valence-corrected chi connectivity index (χ2v) is 5.54. The normalized spacial score (nSPS) is 17.2. The fraction of sp³-hybridized carbons (Fsp3) is 0.533. The van der Waals surface area contributed by atoms with E-state index in [0.29, 0.717) is 5.56 Å². The van der Waals surface area contributed by atoms with Gasteiger partial charge >= 0.3 is 0 Å². The van der Waals surface area contributed by atoms with Crippen LogP contribution in [0.1, 0.15) is 36.5 Å². The molecule has 1 atom stereocenters. The lowest BCUT2D eigenvalue weighted by molar-refractivity contribution is -0.384. The molecule has 1 aliphatic rings. The van der Waals surface area contributed by atoms with Gasteiger partial charge in [-0.2, -0.15) is 0 Å². The summed E-state index contributed by atoms with van der Waals surface area (Å²) in [7, 11) is 0. The molecule has 1 fully saturated rings. The zero-order chi connectivity index (χ0) is 15.2. The van der Waals surface area contributed by atoms with Gasteiger partial charge in [0, 0.05) is 30.3 Å². The number of likely N-dealkylation sites (tertiary alicyclic amines) is 1. The van der Waals surface area contributed by atoms with Crippen molar-refractivity contribution in [2.45, 2.75) is 32.2 Å². The Kier molecular flexibility index (Phi) is 5.27. The molecule has 1 aliphatic heterocycles. The van der Waals surface area contributed by atoms with E-state index in [4.69, 9.17) is 0 Å². The minimum absolute atomic E-state index is 0.00656. The maximum absolute atomic E-state index is 12.1. The Morgan fingerprint density at radius 3 is 2.48 bits per heavy atom. The fourth-order valence-electron chi connectivity index (χ4n) is 2.62. The van der Waals surface area contributed by atoms with Gasteiger partial charge < -0.3 is 10.2 Å². The fourth-order valence-corrected chi connectivity index (χ4v) is 2.62. The predicted octanol–water partition coefficient (Wildman–Crippen LogP) is 2.20. The Morgan fingerprint density at radius 1 is 1.29 bits per heavy atom. The standard InChI is InChI=1S/C15H21N3O3/c1-12(11-17-9-3-2-4-10-17)16-15(19)13-5-7-14(8-6-13)18(20)21/h5-8,12H,2-4,9-11H2,1H3,(H,16,19). The highest BCUT2D eigenvalue weighted by Crippen LogP contribution is 2.12. The third-order valence-electron chi connectivity index (χ3n) is 3.70. The van der Waals surface area contributed by atoms with Gasteiger partial charge in [-0.1, -0.05) is 6.42 Å². The number of carbonyl (C=O) groups excluding carboxylic acids is 1. The summed E-state index contributed by atoms with van der Waals surface area (Å²) in [6.45, 7) is 5.02. The van der Waals surface area contributed by atoms with Gasteiger partial charge in [-0.05, 0) is 45.0 Å². The van der Waals surface area contributed by atoms with E-state index in [1.807, 2.05) is 6.92 Å². The van der Waals surface area contributed by atoms with Crippen molar-refractivity contribution in [2.75, 3.05) is 19.6 Å². The molecular formula is C15H21N3O3. The number of nitro benzene ring substituents is 1. The topological polar surface area (TPSA) is 75.5 Å². The first-order chi connectivity index (χ1) is 10.1. The number of nitrogens with zero attached hydrogens (tertiary/aromatic N) is 2. The van der Waals surface area contributed by atoms with Crippen molar-refractivity contribution in [3.05, 3.63) is 39.9 Å². The highest BCUT2D eigenvalue weighted by Gasteiger charge is 2.16. The van der Waals surface area contributed by atoms with E-state index in [1.54, 1.807) is 0 Å². The highest BCUT2D eigenvalue weighted by molar-refractivity contribution is 5.94. The van der Waals surface area contributed by atoms with Crippen LogP contribution in [0.3, 0.4) is 0 Å². The molecule has 0 spiro atoms. The summed E-state index contributed by atoms with van der Waals surface area (Å²) in [5.41, 5.74) is 0.444. The summed E-state index contributed by atoms with van der Waals surface area (Å²) >= 11 is 0. The van der Waals surface area contributed by atoms with E-state index in [9.17, 15) is 14.9 Å². The molecule has 0 radical (unpaired) electrons. The predicted molar refractivity (Wildman–Crippen MR) is 80.3 cm³/mol. The average molecular weight is 291 g/mol. The van der Waals surface area contributed by atoms with Gasteiger partial charge in [0.2, 0.25) is 0 Å². The van der Waals surface area contributed by atoms with E-state index in [1.165, 1.54) is 43.5 Å². The first kappa shape index (κ1) is 15.4. The molecule has 6 nitrogen and oxygen atoms in total. The molecule has 1 unspecified atom stereocenters. The molecule has 0 saturated carbocycles. The molecule has 21 heavy (non-hydrogen) atoms. The van der Waals surface area contributed by atoms with Crippen molar-refractivity contribution >= 4 is 11.6 Å². The van der Waals surface area contributed by atoms with Crippen molar-refractivity contribution in [3.8, 4) is 0 Å². The van der Waals surface area contributed by atoms with Gasteiger partial charge in [0.05, 0.1) is 4.92 Å². The van der Waals surface area contributed by atoms with Gasteiger partial charge in [0.1, 0.15) is 0 Å². The van der Waals surface area contributed by atoms with Gasteiger partial charge in [-0.25, -0.2) is 0 Å². The van der Waals surface area contributed by atoms with Crippen LogP contribution in [0.15, 0.2) is 24.3 Å². The summed E-state index contributed by atoms with van der Waals surface area (Å²) in [4.78, 5) is 24.6. The monoisotopic (exact) mass is 291 g/mol. The SMILES string of the molecule is CC(CN1CCCCC1)NC(=O)c1ccc([N+](=O)[O-])cc1. The molecular weight excluding hydrogens is 270 g/mol. The number of rotatable bonds is 5. The number of hydrogen-bond donors (Lipinski definition) is 1. The molecule has 0 aromatic heterocycles. The van der Waals surface area contributed by atoms with E-state index < -0.39 is 4.92 Å². The maximum Gasteiger partial charge on any atom is 0.269 e. The first-order valence-corrected chi connectivity index (χ1v) is 7.34. The van der Waals surface area contributed by atoms with E-state index in [0.717, 1.165) is 19.6 Å². The van der Waals surface area contributed by atoms with Crippen LogP contribution in [0, 0.1) is 10.1 Å². The molecule has 2 rings (SSSR count). The van der Waals surface area contributed by atoms with Crippen LogP contribution in [0.2, 0.25) is 0 Å². The minimum atomic E-state index is -0.472. The molecule has 6 heteroatoms. The molecule has 0 bridgehead atoms. The molecule has 1 N–H and O–H groups in total. The third-order valence-corrected chi connectivity index (χ3v) is 3.70. The van der Waals surface area contributed by atoms with Gasteiger partial charge in [0.15, 0.2) is 0 Å². The van der Waals surface area contributed by atoms with Crippen molar-refractivity contribution in [1.82, 2.24) is 10.2 Å². The molecule has 1 saturated heterocycles. The number of non-ortho nitro benzene ring substituents is 1. The molecule has 1 heterocycles. The van der Waals surface area contributed by atoms with Crippen LogP contribution in [0.4, 0.5) is 5.69 Å². The van der Waals surface area contributed by atoms with E-state index in [-0.39, 0.29) is 17.6 Å². The Hall–Kier alpha value is -1.95. The number of amides is 1. The molecule has 114 valence electrons. The lowest BCUT2D eigenvalue weighted by Crippen LogP contribution is -2.43. The summed E-state index contributed by atoms with van der Waals surface area (Å²) in [5, 5.41) is 13.5. The van der Waals surface area contributed by atoms with Crippen LogP contribution >= 0.6 is 0 Å². The summed E-state index contributed by atoms with van der Waals surface area (Å²) in [6.07, 6.45) is 3.74. The largest absolute Gasteiger partial charge is 0.348 e. The molecule has 0 aliphatic carbocycles. The maximum atomic E-state index is 12.1. The lowest BCUT2D eigenvalue weighted by Gasteiger charge is -2.29. The van der Waals surface area contributed by atoms with Gasteiger partial charge in [-0.3, -0.25) is 14.9 Å². The Bertz CT molecular complexity index is 495. The Balaban J connectivity index is 1.86. The van der Waals surface area contributed by atoms with E-state index in [2.05, 4.69) is 10.2 Å². The highest BCUT2D eigenvalue weighted by atomic mass is 16.6. The summed E-state index contributed by atoms with van der Waals surface area (Å²) in [6, 6.07) is 5.74. The second kappa shape index (κ2) is 7.17. The quantitative estimate of drug-likeness (QED) is 0.666. The van der Waals surface area contributed by atoms with Crippen molar-refractivity contribution < 1.29 is 9.72 Å². The van der Waals surface area contributed by atoms with Crippen LogP contribution < -0.4 is 5.32 Å². The minimum Gasteiger partial charge on any atom is -0.348 e. The average Bonchev–Trinajstić information content (AvgIpc) is 2.48. The summed E-state index contributed by atoms with van der Waals surface area (Å²) < 4.78 is 0. The van der Waals surface area contributed by atoms with Crippen LogP contribution in [-0.2, 0) is 0 Å². The van der Waals surface area contributed by atoms with Gasteiger partial charge in [0.25, 0.3) is 11.6 Å². The van der Waals surface area contributed by atoms with Crippen molar-refractivity contribution in [3.63, 3.8) is 0 Å². The number of nitro groups is 1. The van der Waals surface area contributed by atoms with Crippen molar-refractivity contribution in [1.29, 1.82) is 0 Å². The lowest BCUT2D eigenvalue weighted by atomic mass is 10.1. The van der Waals surface area contributed by atoms with Crippen LogP contribution in [-0.4, -0.2) is 41.4 Å². The second-order valence-electron chi connectivity index (χ2n) is 5.54. The number of carbonyl (C=O) groups is 1. The molecule has 1 aromatic carbocycles. The van der Waals surface area contributed by atoms with Gasteiger partial charge in [-0.15, -0.1) is 0 Å². The smallest absolute Gasteiger partial charge is 0.269 e. The summed E-state index contributed by atoms with van der Waals surface area (Å²) in [5.74, 6) is -0.186. The number of piperidine rings is 1. The number of benzene rings is 1. The van der Waals surface area contributed by atoms with E-state index >= 15 is 0 Å². The molecule has 1 aromatic rings. The number of hydrogen-bond acceptors (Lipinski definition) is 4. The zero-order valence-electron chi connectivity index (χ0n) is 12.2. The van der Waals surface area contributed by atoms with Crippen LogP contribution in [0.25, 0.3) is 0 Å².